The minimum atomic E-state index is 0.617. The van der Waals surface area contributed by atoms with Crippen LogP contribution in [-0.2, 0) is 19.6 Å². The van der Waals surface area contributed by atoms with Crippen molar-refractivity contribution < 1.29 is 9.47 Å². The zero-order chi connectivity index (χ0) is 17.3. The summed E-state index contributed by atoms with van der Waals surface area (Å²) in [6, 6.07) is 16.5. The molecule has 0 spiro atoms. The van der Waals surface area contributed by atoms with Gasteiger partial charge in [0.25, 0.3) is 0 Å². The van der Waals surface area contributed by atoms with Gasteiger partial charge in [0.15, 0.2) is 17.3 Å². The summed E-state index contributed by atoms with van der Waals surface area (Å²) in [7, 11) is 0. The molecule has 0 saturated carbocycles. The highest BCUT2D eigenvalue weighted by Gasteiger charge is 2.22. The first-order valence-electron chi connectivity index (χ1n) is 8.95. The van der Waals surface area contributed by atoms with Crippen molar-refractivity contribution in [3.8, 4) is 22.9 Å². The number of rotatable bonds is 3. The molecule has 6 heteroatoms. The van der Waals surface area contributed by atoms with Gasteiger partial charge in [0.05, 0.1) is 6.54 Å². The van der Waals surface area contributed by atoms with E-state index in [2.05, 4.69) is 43.9 Å². The molecule has 0 saturated heterocycles. The van der Waals surface area contributed by atoms with Crippen LogP contribution in [0.15, 0.2) is 48.5 Å². The average molecular weight is 348 g/mol. The lowest BCUT2D eigenvalue weighted by atomic mass is 10.1. The van der Waals surface area contributed by atoms with Gasteiger partial charge in [-0.05, 0) is 17.7 Å². The van der Waals surface area contributed by atoms with E-state index >= 15 is 0 Å². The molecule has 0 aliphatic carbocycles. The molecule has 5 rings (SSSR count). The Bertz CT molecular complexity index is 923. The molecular formula is C20H20N4O2. The fraction of sp³-hybridized carbons (Fsp3) is 0.300. The van der Waals surface area contributed by atoms with E-state index in [-0.39, 0.29) is 0 Å². The summed E-state index contributed by atoms with van der Waals surface area (Å²) in [6.45, 7) is 4.78. The van der Waals surface area contributed by atoms with E-state index < -0.39 is 0 Å². The number of nitrogens with zero attached hydrogens (tertiary/aromatic N) is 4. The van der Waals surface area contributed by atoms with Crippen LogP contribution >= 0.6 is 0 Å². The van der Waals surface area contributed by atoms with Gasteiger partial charge in [0.1, 0.15) is 19.0 Å². The van der Waals surface area contributed by atoms with Crippen LogP contribution in [0.5, 0.6) is 11.5 Å². The number of hydrogen-bond acceptors (Lipinski definition) is 5. The standard InChI is InChI=1S/C20H20N4O2/c1-2-4-16(5-3-1)20-22-21-19-14-23(8-9-24(19)20)13-15-6-7-17-18(12-15)26-11-10-25-17/h1-7,12H,8-11,13-14H2. The largest absolute Gasteiger partial charge is 0.486 e. The number of fused-ring (bicyclic) bond motifs is 2. The van der Waals surface area contributed by atoms with Crippen molar-refractivity contribution >= 4 is 0 Å². The molecule has 2 aliphatic heterocycles. The first kappa shape index (κ1) is 15.4. The van der Waals surface area contributed by atoms with E-state index in [4.69, 9.17) is 9.47 Å². The van der Waals surface area contributed by atoms with Crippen LogP contribution in [0.3, 0.4) is 0 Å². The normalized spacial score (nSPS) is 16.3. The van der Waals surface area contributed by atoms with Gasteiger partial charge in [-0.3, -0.25) is 4.90 Å². The van der Waals surface area contributed by atoms with Crippen LogP contribution in [0.4, 0.5) is 0 Å². The van der Waals surface area contributed by atoms with Gasteiger partial charge in [-0.25, -0.2) is 0 Å². The van der Waals surface area contributed by atoms with E-state index in [0.717, 1.165) is 54.9 Å². The Hall–Kier alpha value is -2.86. The summed E-state index contributed by atoms with van der Waals surface area (Å²) >= 11 is 0. The Morgan fingerprint density at radius 1 is 0.885 bits per heavy atom. The van der Waals surface area contributed by atoms with Gasteiger partial charge in [0.2, 0.25) is 0 Å². The molecule has 0 bridgehead atoms. The van der Waals surface area contributed by atoms with Crippen LogP contribution < -0.4 is 9.47 Å². The maximum atomic E-state index is 5.69. The lowest BCUT2D eigenvalue weighted by molar-refractivity contribution is 0.170. The van der Waals surface area contributed by atoms with Gasteiger partial charge in [-0.1, -0.05) is 36.4 Å². The molecule has 0 amide bonds. The van der Waals surface area contributed by atoms with Gasteiger partial charge in [-0.2, -0.15) is 0 Å². The quantitative estimate of drug-likeness (QED) is 0.728. The minimum Gasteiger partial charge on any atom is -0.486 e. The summed E-state index contributed by atoms with van der Waals surface area (Å²) in [5.41, 5.74) is 2.34. The summed E-state index contributed by atoms with van der Waals surface area (Å²) in [5, 5.41) is 8.84. The lowest BCUT2D eigenvalue weighted by Crippen LogP contribution is -2.33. The first-order valence-corrected chi connectivity index (χ1v) is 8.95. The second kappa shape index (κ2) is 6.46. The Morgan fingerprint density at radius 3 is 2.62 bits per heavy atom. The summed E-state index contributed by atoms with van der Waals surface area (Å²) in [4.78, 5) is 2.39. The highest BCUT2D eigenvalue weighted by atomic mass is 16.6. The molecule has 0 atom stereocenters. The molecule has 1 aromatic heterocycles. The Kier molecular flexibility index (Phi) is 3.83. The maximum Gasteiger partial charge on any atom is 0.164 e. The Balaban J connectivity index is 1.33. The van der Waals surface area contributed by atoms with E-state index in [1.54, 1.807) is 0 Å². The lowest BCUT2D eigenvalue weighted by Gasteiger charge is -2.28. The summed E-state index contributed by atoms with van der Waals surface area (Å²) in [6.07, 6.45) is 0. The predicted molar refractivity (Wildman–Crippen MR) is 97.0 cm³/mol. The van der Waals surface area contributed by atoms with Crippen LogP contribution in [0.2, 0.25) is 0 Å². The smallest absolute Gasteiger partial charge is 0.164 e. The van der Waals surface area contributed by atoms with Crippen molar-refractivity contribution in [1.82, 2.24) is 19.7 Å². The topological polar surface area (TPSA) is 52.4 Å². The van der Waals surface area contributed by atoms with Gasteiger partial charge < -0.3 is 14.0 Å². The third-order valence-electron chi connectivity index (χ3n) is 4.88. The van der Waals surface area contributed by atoms with Crippen LogP contribution in [0.25, 0.3) is 11.4 Å². The molecule has 26 heavy (non-hydrogen) atoms. The second-order valence-corrected chi connectivity index (χ2v) is 6.65. The molecule has 2 aromatic carbocycles. The number of ether oxygens (including phenoxy) is 2. The molecule has 3 aromatic rings. The third kappa shape index (κ3) is 2.82. The first-order chi connectivity index (χ1) is 12.9. The molecule has 0 unspecified atom stereocenters. The van der Waals surface area contributed by atoms with Crippen LogP contribution in [-0.4, -0.2) is 39.4 Å². The third-order valence-corrected chi connectivity index (χ3v) is 4.88. The fourth-order valence-electron chi connectivity index (χ4n) is 3.59. The monoisotopic (exact) mass is 348 g/mol. The molecule has 0 radical (unpaired) electrons. The number of aromatic nitrogens is 3. The van der Waals surface area contributed by atoms with E-state index in [1.165, 1.54) is 5.56 Å². The predicted octanol–water partition coefficient (Wildman–Crippen LogP) is 2.73. The van der Waals surface area contributed by atoms with Crippen molar-refractivity contribution in [2.24, 2.45) is 0 Å². The van der Waals surface area contributed by atoms with Crippen molar-refractivity contribution in [3.05, 3.63) is 59.9 Å². The van der Waals surface area contributed by atoms with Crippen molar-refractivity contribution in [1.29, 1.82) is 0 Å². The van der Waals surface area contributed by atoms with Crippen molar-refractivity contribution in [2.45, 2.75) is 19.6 Å². The highest BCUT2D eigenvalue weighted by Crippen LogP contribution is 2.31. The van der Waals surface area contributed by atoms with Crippen LogP contribution in [0, 0.1) is 0 Å². The van der Waals surface area contributed by atoms with Crippen molar-refractivity contribution in [3.63, 3.8) is 0 Å². The molecule has 2 aliphatic rings. The highest BCUT2D eigenvalue weighted by molar-refractivity contribution is 5.55. The molecular weight excluding hydrogens is 328 g/mol. The number of benzene rings is 2. The number of hydrogen-bond donors (Lipinski definition) is 0. The van der Waals surface area contributed by atoms with Gasteiger partial charge in [-0.15, -0.1) is 10.2 Å². The Morgan fingerprint density at radius 2 is 1.73 bits per heavy atom. The second-order valence-electron chi connectivity index (χ2n) is 6.65. The van der Waals surface area contributed by atoms with Gasteiger partial charge in [0, 0.05) is 25.2 Å². The zero-order valence-electron chi connectivity index (χ0n) is 14.5. The molecule has 3 heterocycles. The average Bonchev–Trinajstić information content (AvgIpc) is 3.12. The van der Waals surface area contributed by atoms with Crippen molar-refractivity contribution in [2.75, 3.05) is 19.8 Å². The summed E-state index contributed by atoms with van der Waals surface area (Å²) in [5.74, 6) is 3.67. The maximum absolute atomic E-state index is 5.69. The minimum absolute atomic E-state index is 0.617. The fourth-order valence-corrected chi connectivity index (χ4v) is 3.59. The summed E-state index contributed by atoms with van der Waals surface area (Å²) < 4.78 is 13.5. The van der Waals surface area contributed by atoms with Gasteiger partial charge >= 0.3 is 0 Å². The van der Waals surface area contributed by atoms with E-state index in [9.17, 15) is 0 Å². The Labute approximate surface area is 152 Å². The molecule has 0 fully saturated rings. The van der Waals surface area contributed by atoms with E-state index in [0.29, 0.717) is 13.2 Å². The zero-order valence-corrected chi connectivity index (χ0v) is 14.5. The van der Waals surface area contributed by atoms with E-state index in [1.807, 2.05) is 24.3 Å². The van der Waals surface area contributed by atoms with Crippen LogP contribution in [0.1, 0.15) is 11.4 Å². The SMILES string of the molecule is c1ccc(-c2nnc3n2CCN(Cc2ccc4c(c2)OCCO4)C3)cc1. The molecule has 6 nitrogen and oxygen atoms in total. The molecule has 132 valence electrons. The molecule has 0 N–H and O–H groups in total.